The number of nitrogens with one attached hydrogen (secondary N) is 1. The highest BCUT2D eigenvalue weighted by Gasteiger charge is 2.38. The summed E-state index contributed by atoms with van der Waals surface area (Å²) in [6.07, 6.45) is 0.848. The maximum absolute atomic E-state index is 12.5. The van der Waals surface area contributed by atoms with Crippen LogP contribution < -0.4 is 5.32 Å². The number of amides is 1. The molecule has 110 valence electrons. The molecule has 1 aromatic carbocycles. The third-order valence-electron chi connectivity index (χ3n) is 4.04. The molecule has 4 heteroatoms. The van der Waals surface area contributed by atoms with Gasteiger partial charge in [0.1, 0.15) is 6.17 Å². The lowest BCUT2D eigenvalue weighted by atomic mass is 10.1. The first kappa shape index (κ1) is 15.0. The molecule has 2 atom stereocenters. The molecule has 0 aliphatic carbocycles. The van der Waals surface area contributed by atoms with Gasteiger partial charge in [-0.15, -0.1) is 0 Å². The minimum atomic E-state index is -0.0489. The van der Waals surface area contributed by atoms with E-state index in [0.717, 1.165) is 31.6 Å². The number of carbonyl (C=O) groups is 1. The van der Waals surface area contributed by atoms with Crippen molar-refractivity contribution in [3.63, 3.8) is 0 Å². The summed E-state index contributed by atoms with van der Waals surface area (Å²) in [5, 5.41) is 3.46. The highest BCUT2D eigenvalue weighted by molar-refractivity contribution is 5.84. The number of likely N-dealkylation sites (N-methyl/N-ethyl adjacent to an activating group) is 1. The SMILES string of the molecule is CCC1NC(c2ccccc2)N(CCN(C)CC)C1=O. The summed E-state index contributed by atoms with van der Waals surface area (Å²) in [6.45, 7) is 6.87. The fraction of sp³-hybridized carbons (Fsp3) is 0.562. The van der Waals surface area contributed by atoms with Gasteiger partial charge in [-0.3, -0.25) is 10.1 Å². The standard InChI is InChI=1S/C16H25N3O/c1-4-14-16(20)19(12-11-18(3)5-2)15(17-14)13-9-7-6-8-10-13/h6-10,14-15,17H,4-5,11-12H2,1-3H3. The Morgan fingerprint density at radius 3 is 2.55 bits per heavy atom. The molecule has 0 saturated carbocycles. The maximum atomic E-state index is 12.5. The van der Waals surface area contributed by atoms with E-state index in [4.69, 9.17) is 0 Å². The van der Waals surface area contributed by atoms with Gasteiger partial charge in [0, 0.05) is 13.1 Å². The van der Waals surface area contributed by atoms with E-state index in [1.165, 1.54) is 0 Å². The van der Waals surface area contributed by atoms with Gasteiger partial charge in [0.25, 0.3) is 0 Å². The molecule has 1 aliphatic rings. The third kappa shape index (κ3) is 3.19. The van der Waals surface area contributed by atoms with Crippen LogP contribution in [-0.4, -0.2) is 48.4 Å². The van der Waals surface area contributed by atoms with Gasteiger partial charge < -0.3 is 9.80 Å². The van der Waals surface area contributed by atoms with Gasteiger partial charge in [-0.2, -0.15) is 0 Å². The number of rotatable bonds is 6. The first-order chi connectivity index (χ1) is 9.67. The van der Waals surface area contributed by atoms with E-state index in [2.05, 4.69) is 43.2 Å². The molecular formula is C16H25N3O. The molecule has 1 amide bonds. The van der Waals surface area contributed by atoms with Crippen LogP contribution in [-0.2, 0) is 4.79 Å². The van der Waals surface area contributed by atoms with Gasteiger partial charge in [0.2, 0.25) is 5.91 Å². The summed E-state index contributed by atoms with van der Waals surface area (Å²) < 4.78 is 0. The lowest BCUT2D eigenvalue weighted by Gasteiger charge is -2.26. The lowest BCUT2D eigenvalue weighted by molar-refractivity contribution is -0.130. The number of benzene rings is 1. The molecule has 2 rings (SSSR count). The fourth-order valence-corrected chi connectivity index (χ4v) is 2.56. The Bertz CT molecular complexity index is 435. The Labute approximate surface area is 121 Å². The molecule has 1 fully saturated rings. The summed E-state index contributed by atoms with van der Waals surface area (Å²) >= 11 is 0. The van der Waals surface area contributed by atoms with Crippen LogP contribution in [0.4, 0.5) is 0 Å². The molecule has 0 aromatic heterocycles. The minimum absolute atomic E-state index is 0.0129. The van der Waals surface area contributed by atoms with E-state index in [9.17, 15) is 4.79 Å². The molecule has 1 aromatic rings. The van der Waals surface area contributed by atoms with Crippen LogP contribution in [0, 0.1) is 0 Å². The summed E-state index contributed by atoms with van der Waals surface area (Å²) in [5.74, 6) is 0.228. The minimum Gasteiger partial charge on any atom is -0.320 e. The molecule has 1 N–H and O–H groups in total. The second-order valence-electron chi connectivity index (χ2n) is 5.37. The van der Waals surface area contributed by atoms with Crippen molar-refractivity contribution in [3.05, 3.63) is 35.9 Å². The van der Waals surface area contributed by atoms with Crippen molar-refractivity contribution < 1.29 is 4.79 Å². The Hall–Kier alpha value is -1.39. The zero-order valence-corrected chi connectivity index (χ0v) is 12.7. The Balaban J connectivity index is 2.13. The average Bonchev–Trinajstić information content (AvgIpc) is 2.82. The van der Waals surface area contributed by atoms with E-state index in [0.29, 0.717) is 0 Å². The molecule has 20 heavy (non-hydrogen) atoms. The molecular weight excluding hydrogens is 250 g/mol. The fourth-order valence-electron chi connectivity index (χ4n) is 2.56. The van der Waals surface area contributed by atoms with E-state index >= 15 is 0 Å². The predicted molar refractivity (Wildman–Crippen MR) is 81.3 cm³/mol. The van der Waals surface area contributed by atoms with Crippen molar-refractivity contribution in [3.8, 4) is 0 Å². The van der Waals surface area contributed by atoms with Crippen LogP contribution in [0.2, 0.25) is 0 Å². The highest BCUT2D eigenvalue weighted by Crippen LogP contribution is 2.25. The van der Waals surface area contributed by atoms with Gasteiger partial charge in [0.15, 0.2) is 0 Å². The number of carbonyl (C=O) groups excluding carboxylic acids is 1. The number of hydrogen-bond acceptors (Lipinski definition) is 3. The zero-order chi connectivity index (χ0) is 14.5. The van der Waals surface area contributed by atoms with Crippen LogP contribution in [0.1, 0.15) is 32.0 Å². The first-order valence-corrected chi connectivity index (χ1v) is 7.47. The van der Waals surface area contributed by atoms with Gasteiger partial charge in [-0.25, -0.2) is 0 Å². The van der Waals surface area contributed by atoms with E-state index in [1.54, 1.807) is 0 Å². The van der Waals surface area contributed by atoms with Gasteiger partial charge in [-0.1, -0.05) is 44.2 Å². The second-order valence-corrected chi connectivity index (χ2v) is 5.37. The molecule has 0 bridgehead atoms. The van der Waals surface area contributed by atoms with Crippen molar-refractivity contribution in [2.75, 3.05) is 26.7 Å². The van der Waals surface area contributed by atoms with Crippen molar-refractivity contribution >= 4 is 5.91 Å². The molecule has 4 nitrogen and oxygen atoms in total. The topological polar surface area (TPSA) is 35.6 Å². The van der Waals surface area contributed by atoms with Crippen LogP contribution in [0.3, 0.4) is 0 Å². The van der Waals surface area contributed by atoms with Gasteiger partial charge >= 0.3 is 0 Å². The first-order valence-electron chi connectivity index (χ1n) is 7.47. The Kier molecular flexibility index (Phi) is 5.15. The van der Waals surface area contributed by atoms with Gasteiger partial charge in [-0.05, 0) is 25.6 Å². The monoisotopic (exact) mass is 275 g/mol. The van der Waals surface area contributed by atoms with E-state index < -0.39 is 0 Å². The third-order valence-corrected chi connectivity index (χ3v) is 4.04. The summed E-state index contributed by atoms with van der Waals surface area (Å²) in [5.41, 5.74) is 1.16. The molecule has 2 unspecified atom stereocenters. The highest BCUT2D eigenvalue weighted by atomic mass is 16.2. The smallest absolute Gasteiger partial charge is 0.241 e. The van der Waals surface area contributed by atoms with E-state index in [1.807, 2.05) is 23.1 Å². The lowest BCUT2D eigenvalue weighted by Crippen LogP contribution is -2.37. The number of nitrogens with zero attached hydrogens (tertiary/aromatic N) is 2. The number of hydrogen-bond donors (Lipinski definition) is 1. The van der Waals surface area contributed by atoms with Crippen molar-refractivity contribution in [2.24, 2.45) is 0 Å². The van der Waals surface area contributed by atoms with Crippen LogP contribution >= 0.6 is 0 Å². The van der Waals surface area contributed by atoms with Crippen LogP contribution in [0.25, 0.3) is 0 Å². The quantitative estimate of drug-likeness (QED) is 0.860. The summed E-state index contributed by atoms with van der Waals surface area (Å²) in [4.78, 5) is 16.7. The molecule has 0 radical (unpaired) electrons. The average molecular weight is 275 g/mol. The normalized spacial score (nSPS) is 22.8. The molecule has 0 spiro atoms. The van der Waals surface area contributed by atoms with Crippen LogP contribution in [0.15, 0.2) is 30.3 Å². The van der Waals surface area contributed by atoms with Crippen molar-refractivity contribution in [1.29, 1.82) is 0 Å². The largest absolute Gasteiger partial charge is 0.320 e. The van der Waals surface area contributed by atoms with Crippen molar-refractivity contribution in [2.45, 2.75) is 32.5 Å². The van der Waals surface area contributed by atoms with E-state index in [-0.39, 0.29) is 18.1 Å². The molecule has 1 heterocycles. The molecule has 1 aliphatic heterocycles. The predicted octanol–water partition coefficient (Wildman–Crippen LogP) is 1.85. The Morgan fingerprint density at radius 1 is 1.25 bits per heavy atom. The summed E-state index contributed by atoms with van der Waals surface area (Å²) in [7, 11) is 2.09. The van der Waals surface area contributed by atoms with Crippen molar-refractivity contribution in [1.82, 2.24) is 15.1 Å². The second kappa shape index (κ2) is 6.86. The van der Waals surface area contributed by atoms with Crippen LogP contribution in [0.5, 0.6) is 0 Å². The summed E-state index contributed by atoms with van der Waals surface area (Å²) in [6, 6.07) is 10.2. The zero-order valence-electron chi connectivity index (χ0n) is 12.7. The Morgan fingerprint density at radius 2 is 1.95 bits per heavy atom. The maximum Gasteiger partial charge on any atom is 0.241 e. The van der Waals surface area contributed by atoms with Gasteiger partial charge in [0.05, 0.1) is 6.04 Å². The molecule has 1 saturated heterocycles.